The maximum absolute atomic E-state index is 12.9. The summed E-state index contributed by atoms with van der Waals surface area (Å²) in [5.41, 5.74) is 6.15. The van der Waals surface area contributed by atoms with Gasteiger partial charge in [-0.05, 0) is 56.5 Å². The second kappa shape index (κ2) is 8.30. The first-order valence-corrected chi connectivity index (χ1v) is 10.4. The Morgan fingerprint density at radius 3 is 2.62 bits per heavy atom. The number of hydrogen-bond donors (Lipinski definition) is 2. The molecule has 2 heterocycles. The zero-order valence-corrected chi connectivity index (χ0v) is 18.4. The molecular formula is C24H24N4O4. The number of carbonyl (C=O) groups is 1. The van der Waals surface area contributed by atoms with Gasteiger partial charge in [0.2, 0.25) is 0 Å². The molecule has 2 aromatic rings. The monoisotopic (exact) mass is 432 g/mol. The van der Waals surface area contributed by atoms with Gasteiger partial charge in [-0.1, -0.05) is 12.1 Å². The highest BCUT2D eigenvalue weighted by Crippen LogP contribution is 2.41. The third-order valence-electron chi connectivity index (χ3n) is 5.73. The van der Waals surface area contributed by atoms with Gasteiger partial charge in [0.1, 0.15) is 5.82 Å². The smallest absolute Gasteiger partial charge is 0.336 e. The van der Waals surface area contributed by atoms with Crippen molar-refractivity contribution < 1.29 is 14.5 Å². The number of nitro benzene ring substituents is 1. The van der Waals surface area contributed by atoms with Gasteiger partial charge in [0.15, 0.2) is 0 Å². The van der Waals surface area contributed by atoms with Gasteiger partial charge >= 0.3 is 5.97 Å². The first-order valence-electron chi connectivity index (χ1n) is 10.4. The predicted molar refractivity (Wildman–Crippen MR) is 123 cm³/mol. The first-order chi connectivity index (χ1) is 15.3. The Hall–Kier alpha value is -3.94. The number of aryl methyl sites for hydroxylation is 2. The van der Waals surface area contributed by atoms with E-state index in [-0.39, 0.29) is 12.3 Å². The number of esters is 1. The van der Waals surface area contributed by atoms with Crippen molar-refractivity contribution in [3.05, 3.63) is 85.9 Å². The van der Waals surface area contributed by atoms with Gasteiger partial charge in [0, 0.05) is 35.5 Å². The van der Waals surface area contributed by atoms with Crippen LogP contribution in [0.3, 0.4) is 0 Å². The fraction of sp³-hybridized carbons (Fsp3) is 0.250. The number of dihydropyridines is 1. The SMILES string of the molecule is CCOC(=O)C1=C(C)NC2=C(C=Nc3cc(C)c(C)cc3N2)[C@H]1c1cccc([N+](=O)[O-])c1. The molecule has 0 bridgehead atoms. The molecule has 0 aliphatic carbocycles. The third kappa shape index (κ3) is 3.75. The van der Waals surface area contributed by atoms with Crippen molar-refractivity contribution in [3.63, 3.8) is 0 Å². The molecule has 8 heteroatoms. The topological polar surface area (TPSA) is 106 Å². The number of carbonyl (C=O) groups excluding carboxylic acids is 1. The summed E-state index contributed by atoms with van der Waals surface area (Å²) < 4.78 is 5.33. The maximum Gasteiger partial charge on any atom is 0.336 e. The predicted octanol–water partition coefficient (Wildman–Crippen LogP) is 4.78. The van der Waals surface area contributed by atoms with Crippen molar-refractivity contribution in [1.29, 1.82) is 0 Å². The molecule has 0 unspecified atom stereocenters. The number of allylic oxidation sites excluding steroid dienone is 2. The summed E-state index contributed by atoms with van der Waals surface area (Å²) in [6, 6.07) is 10.4. The summed E-state index contributed by atoms with van der Waals surface area (Å²) >= 11 is 0. The summed E-state index contributed by atoms with van der Waals surface area (Å²) in [7, 11) is 0. The number of benzene rings is 2. The summed E-state index contributed by atoms with van der Waals surface area (Å²) in [6.07, 6.45) is 1.71. The molecule has 2 N–H and O–H groups in total. The van der Waals surface area contributed by atoms with E-state index in [1.165, 1.54) is 12.1 Å². The summed E-state index contributed by atoms with van der Waals surface area (Å²) in [6.45, 7) is 7.82. The molecule has 2 aliphatic rings. The van der Waals surface area contributed by atoms with Crippen molar-refractivity contribution in [2.75, 3.05) is 11.9 Å². The largest absolute Gasteiger partial charge is 0.463 e. The molecule has 4 rings (SSSR count). The van der Waals surface area contributed by atoms with Gasteiger partial charge in [-0.25, -0.2) is 4.79 Å². The molecule has 2 aliphatic heterocycles. The van der Waals surface area contributed by atoms with E-state index >= 15 is 0 Å². The second-order valence-electron chi connectivity index (χ2n) is 7.84. The van der Waals surface area contributed by atoms with Gasteiger partial charge in [0.25, 0.3) is 5.69 Å². The van der Waals surface area contributed by atoms with Crippen LogP contribution < -0.4 is 10.6 Å². The van der Waals surface area contributed by atoms with E-state index in [2.05, 4.69) is 15.6 Å². The van der Waals surface area contributed by atoms with Crippen molar-refractivity contribution >= 4 is 29.2 Å². The Morgan fingerprint density at radius 2 is 1.91 bits per heavy atom. The lowest BCUT2D eigenvalue weighted by molar-refractivity contribution is -0.384. The molecule has 0 saturated carbocycles. The minimum atomic E-state index is -0.585. The molecule has 2 aromatic carbocycles. The number of rotatable bonds is 4. The van der Waals surface area contributed by atoms with Crippen LogP contribution in [-0.4, -0.2) is 23.7 Å². The summed E-state index contributed by atoms with van der Waals surface area (Å²) in [5.74, 6) is -0.377. The van der Waals surface area contributed by atoms with Crippen LogP contribution >= 0.6 is 0 Å². The fourth-order valence-electron chi connectivity index (χ4n) is 4.01. The van der Waals surface area contributed by atoms with Crippen molar-refractivity contribution in [3.8, 4) is 0 Å². The van der Waals surface area contributed by atoms with Crippen LogP contribution in [0.4, 0.5) is 17.1 Å². The molecule has 0 saturated heterocycles. The van der Waals surface area contributed by atoms with E-state index in [4.69, 9.17) is 4.74 Å². The van der Waals surface area contributed by atoms with E-state index in [1.54, 1.807) is 32.2 Å². The lowest BCUT2D eigenvalue weighted by Gasteiger charge is -2.30. The summed E-state index contributed by atoms with van der Waals surface area (Å²) in [4.78, 5) is 28.6. The van der Waals surface area contributed by atoms with Gasteiger partial charge in [-0.3, -0.25) is 15.1 Å². The van der Waals surface area contributed by atoms with Crippen LogP contribution in [0.5, 0.6) is 0 Å². The van der Waals surface area contributed by atoms with Gasteiger partial charge in [-0.15, -0.1) is 0 Å². The van der Waals surface area contributed by atoms with Crippen molar-refractivity contribution in [2.45, 2.75) is 33.6 Å². The van der Waals surface area contributed by atoms with Gasteiger partial charge in [0.05, 0.1) is 28.5 Å². The molecule has 0 amide bonds. The molecule has 0 radical (unpaired) electrons. The van der Waals surface area contributed by atoms with E-state index < -0.39 is 16.8 Å². The highest BCUT2D eigenvalue weighted by molar-refractivity contribution is 5.99. The minimum Gasteiger partial charge on any atom is -0.463 e. The van der Waals surface area contributed by atoms with Crippen LogP contribution in [0.25, 0.3) is 0 Å². The highest BCUT2D eigenvalue weighted by atomic mass is 16.6. The Labute approximate surface area is 185 Å². The fourth-order valence-corrected chi connectivity index (χ4v) is 4.01. The average molecular weight is 432 g/mol. The van der Waals surface area contributed by atoms with E-state index in [0.29, 0.717) is 28.2 Å². The zero-order chi connectivity index (χ0) is 23.0. The zero-order valence-electron chi connectivity index (χ0n) is 18.4. The van der Waals surface area contributed by atoms with Gasteiger partial charge in [-0.2, -0.15) is 0 Å². The highest BCUT2D eigenvalue weighted by Gasteiger charge is 2.36. The van der Waals surface area contributed by atoms with E-state index in [0.717, 1.165) is 22.5 Å². The van der Waals surface area contributed by atoms with Crippen LogP contribution in [0, 0.1) is 24.0 Å². The van der Waals surface area contributed by atoms with Crippen molar-refractivity contribution in [2.24, 2.45) is 4.99 Å². The number of fused-ring (bicyclic) bond motifs is 1. The lowest BCUT2D eigenvalue weighted by Crippen LogP contribution is -2.33. The molecular weight excluding hydrogens is 408 g/mol. The average Bonchev–Trinajstić information content (AvgIpc) is 2.92. The number of ether oxygens (including phenoxy) is 1. The minimum absolute atomic E-state index is 0.0444. The second-order valence-corrected chi connectivity index (χ2v) is 7.84. The Balaban J connectivity index is 1.89. The number of nitro groups is 1. The lowest BCUT2D eigenvalue weighted by atomic mass is 9.81. The molecule has 8 nitrogen and oxygen atoms in total. The molecule has 32 heavy (non-hydrogen) atoms. The standard InChI is InChI=1S/C24H24N4O4/c1-5-32-24(29)21-15(4)26-23-18(22(21)16-7-6-8-17(11-16)28(30)31)12-25-19-9-13(2)14(3)10-20(19)27-23/h6-12,22,26-27H,5H2,1-4H3/t22-/m1/s1. The van der Waals surface area contributed by atoms with Crippen LogP contribution in [0.2, 0.25) is 0 Å². The van der Waals surface area contributed by atoms with Crippen LogP contribution in [-0.2, 0) is 9.53 Å². The summed E-state index contributed by atoms with van der Waals surface area (Å²) in [5, 5.41) is 18.1. The maximum atomic E-state index is 12.9. The van der Waals surface area contributed by atoms with Crippen LogP contribution in [0.1, 0.15) is 36.5 Å². The third-order valence-corrected chi connectivity index (χ3v) is 5.73. The molecule has 0 fully saturated rings. The van der Waals surface area contributed by atoms with E-state index in [1.807, 2.05) is 26.0 Å². The Kier molecular flexibility index (Phi) is 5.52. The molecule has 164 valence electrons. The number of nitrogens with one attached hydrogen (secondary N) is 2. The number of aliphatic imine (C=N–C) groups is 1. The van der Waals surface area contributed by atoms with E-state index in [9.17, 15) is 14.9 Å². The number of hydrogen-bond acceptors (Lipinski definition) is 7. The van der Waals surface area contributed by atoms with Gasteiger partial charge < -0.3 is 15.4 Å². The number of non-ortho nitro benzene ring substituents is 1. The number of nitrogens with zero attached hydrogens (tertiary/aromatic N) is 2. The molecule has 0 aromatic heterocycles. The Morgan fingerprint density at radius 1 is 1.16 bits per heavy atom. The molecule has 0 spiro atoms. The Bertz CT molecular complexity index is 1230. The van der Waals surface area contributed by atoms with Crippen molar-refractivity contribution in [1.82, 2.24) is 5.32 Å². The first kappa shape index (κ1) is 21.3. The molecule has 1 atom stereocenters. The number of anilines is 1. The van der Waals surface area contributed by atoms with Crippen LogP contribution in [0.15, 0.2) is 64.1 Å². The normalized spacial score (nSPS) is 17.1. The quantitative estimate of drug-likeness (QED) is 0.409.